The van der Waals surface area contributed by atoms with Crippen molar-refractivity contribution in [2.75, 3.05) is 31.5 Å². The van der Waals surface area contributed by atoms with Crippen LogP contribution in [0.25, 0.3) is 0 Å². The lowest BCUT2D eigenvalue weighted by atomic mass is 9.67. The van der Waals surface area contributed by atoms with Crippen molar-refractivity contribution >= 4 is 33.6 Å². The number of anilines is 1. The van der Waals surface area contributed by atoms with Crippen molar-refractivity contribution in [1.82, 2.24) is 15.1 Å². The molecule has 7 heteroatoms. The van der Waals surface area contributed by atoms with Gasteiger partial charge in [0.25, 0.3) is 0 Å². The molecule has 3 aromatic carbocycles. The minimum absolute atomic E-state index is 0.122. The zero-order valence-electron chi connectivity index (χ0n) is 25.4. The Morgan fingerprint density at radius 2 is 1.66 bits per heavy atom. The van der Waals surface area contributed by atoms with Crippen molar-refractivity contribution in [1.29, 1.82) is 0 Å². The third-order valence-corrected chi connectivity index (χ3v) is 11.4. The molecule has 230 valence electrons. The standard InChI is InChI=1S/C37H43BrN4O2/c38-30-16-17-32-29(20-30)23-41(36(44)40-31-14-8-3-9-15-31)25-37(32)24-39-22-33(37)35(43)42-19-18-28(26-10-4-1-5-11-26)21-34(42)27-12-6-2-7-13-27/h1,3-5,8-11,14-17,20,27-28,33-34,39H,2,6-7,12-13,18-19,21-25H2,(H,40,44)/t28-,33?,34+,37-/m1/s1. The van der Waals surface area contributed by atoms with E-state index in [2.05, 4.69) is 80.0 Å². The molecule has 6 nitrogen and oxygen atoms in total. The lowest BCUT2D eigenvalue weighted by Crippen LogP contribution is -2.59. The Morgan fingerprint density at radius 3 is 2.43 bits per heavy atom. The topological polar surface area (TPSA) is 64.7 Å². The van der Waals surface area contributed by atoms with E-state index in [9.17, 15) is 9.59 Å². The average Bonchev–Trinajstić information content (AvgIpc) is 3.48. The molecule has 4 atom stereocenters. The number of rotatable bonds is 4. The van der Waals surface area contributed by atoms with Gasteiger partial charge in [-0.1, -0.05) is 89.8 Å². The quantitative estimate of drug-likeness (QED) is 0.310. The van der Waals surface area contributed by atoms with Gasteiger partial charge in [-0.3, -0.25) is 4.79 Å². The van der Waals surface area contributed by atoms with E-state index < -0.39 is 5.41 Å². The molecule has 0 aromatic heterocycles. The van der Waals surface area contributed by atoms with Crippen LogP contribution >= 0.6 is 15.9 Å². The fourth-order valence-corrected chi connectivity index (χ4v) is 9.14. The number of benzene rings is 3. The van der Waals surface area contributed by atoms with Gasteiger partial charge in [0.2, 0.25) is 5.91 Å². The molecule has 44 heavy (non-hydrogen) atoms. The molecular weight excluding hydrogens is 612 g/mol. The number of carbonyl (C=O) groups is 2. The molecule has 2 N–H and O–H groups in total. The predicted octanol–water partition coefficient (Wildman–Crippen LogP) is 7.31. The minimum Gasteiger partial charge on any atom is -0.339 e. The van der Waals surface area contributed by atoms with Crippen molar-refractivity contribution < 1.29 is 9.59 Å². The summed E-state index contributed by atoms with van der Waals surface area (Å²) in [6.45, 7) is 3.15. The van der Waals surface area contributed by atoms with Gasteiger partial charge in [-0.05, 0) is 78.5 Å². The van der Waals surface area contributed by atoms with Crippen LogP contribution in [-0.2, 0) is 16.8 Å². The zero-order valence-corrected chi connectivity index (χ0v) is 27.0. The van der Waals surface area contributed by atoms with Crippen LogP contribution in [0.15, 0.2) is 83.3 Å². The van der Waals surface area contributed by atoms with E-state index in [-0.39, 0.29) is 23.9 Å². The second kappa shape index (κ2) is 12.7. The molecule has 2 saturated heterocycles. The summed E-state index contributed by atoms with van der Waals surface area (Å²) in [5.74, 6) is 1.10. The number of fused-ring (bicyclic) bond motifs is 2. The first-order valence-corrected chi connectivity index (χ1v) is 17.3. The van der Waals surface area contributed by atoms with Gasteiger partial charge in [0.15, 0.2) is 0 Å². The van der Waals surface area contributed by atoms with Crippen LogP contribution in [0.2, 0.25) is 0 Å². The van der Waals surface area contributed by atoms with Crippen molar-refractivity contribution in [3.05, 3.63) is 100 Å². The number of carbonyl (C=O) groups excluding carboxylic acids is 2. The number of nitrogens with one attached hydrogen (secondary N) is 2. The molecule has 3 fully saturated rings. The third kappa shape index (κ3) is 5.69. The first kappa shape index (κ1) is 29.5. The summed E-state index contributed by atoms with van der Waals surface area (Å²) >= 11 is 3.67. The molecule has 3 amide bonds. The highest BCUT2D eigenvalue weighted by atomic mass is 79.9. The summed E-state index contributed by atoms with van der Waals surface area (Å²) in [5.41, 5.74) is 4.03. The van der Waals surface area contributed by atoms with E-state index in [4.69, 9.17) is 0 Å². The van der Waals surface area contributed by atoms with E-state index in [0.717, 1.165) is 35.1 Å². The fourth-order valence-electron chi connectivity index (χ4n) is 8.73. The van der Waals surface area contributed by atoms with Crippen LogP contribution in [-0.4, -0.2) is 54.0 Å². The van der Waals surface area contributed by atoms with E-state index in [1.807, 2.05) is 35.2 Å². The van der Waals surface area contributed by atoms with Gasteiger partial charge in [0, 0.05) is 54.3 Å². The maximum Gasteiger partial charge on any atom is 0.322 e. The number of hydrogen-bond acceptors (Lipinski definition) is 3. The van der Waals surface area contributed by atoms with Gasteiger partial charge in [-0.15, -0.1) is 0 Å². The number of urea groups is 1. The lowest BCUT2D eigenvalue weighted by Gasteiger charge is -2.49. The molecular formula is C37H43BrN4O2. The van der Waals surface area contributed by atoms with E-state index in [0.29, 0.717) is 38.0 Å². The molecule has 3 heterocycles. The molecule has 0 bridgehead atoms. The smallest absolute Gasteiger partial charge is 0.322 e. The molecule has 7 rings (SSSR count). The molecule has 1 unspecified atom stereocenters. The number of hydrogen-bond donors (Lipinski definition) is 2. The van der Waals surface area contributed by atoms with Gasteiger partial charge in [0.1, 0.15) is 0 Å². The number of halogens is 1. The third-order valence-electron chi connectivity index (χ3n) is 10.9. The highest BCUT2D eigenvalue weighted by molar-refractivity contribution is 9.10. The number of piperidine rings is 1. The summed E-state index contributed by atoms with van der Waals surface area (Å²) in [6, 6.07) is 27.1. The van der Waals surface area contributed by atoms with Crippen LogP contribution in [0.5, 0.6) is 0 Å². The Balaban J connectivity index is 1.20. The molecule has 1 aliphatic carbocycles. The Bertz CT molecular complexity index is 1480. The number of para-hydroxylation sites is 1. The van der Waals surface area contributed by atoms with Crippen molar-refractivity contribution in [3.63, 3.8) is 0 Å². The lowest BCUT2D eigenvalue weighted by molar-refractivity contribution is -0.143. The molecule has 3 aromatic rings. The zero-order chi connectivity index (χ0) is 30.1. The summed E-state index contributed by atoms with van der Waals surface area (Å²) in [6.07, 6.45) is 8.32. The van der Waals surface area contributed by atoms with Crippen LogP contribution in [0.1, 0.15) is 67.6 Å². The number of amides is 3. The summed E-state index contributed by atoms with van der Waals surface area (Å²) < 4.78 is 0.992. The van der Waals surface area contributed by atoms with Crippen molar-refractivity contribution in [3.8, 4) is 0 Å². The normalized spacial score (nSPS) is 27.2. The molecule has 1 spiro atoms. The number of nitrogens with zero attached hydrogens (tertiary/aromatic N) is 2. The monoisotopic (exact) mass is 654 g/mol. The van der Waals surface area contributed by atoms with Crippen molar-refractivity contribution in [2.24, 2.45) is 11.8 Å². The van der Waals surface area contributed by atoms with E-state index >= 15 is 0 Å². The van der Waals surface area contributed by atoms with Gasteiger partial charge in [-0.25, -0.2) is 4.79 Å². The minimum atomic E-state index is -0.479. The van der Waals surface area contributed by atoms with Gasteiger partial charge >= 0.3 is 6.03 Å². The highest BCUT2D eigenvalue weighted by Crippen LogP contribution is 2.46. The van der Waals surface area contributed by atoms with Crippen LogP contribution in [0.4, 0.5) is 10.5 Å². The SMILES string of the molecule is O=C(Nc1ccccc1)N1Cc2cc(Br)ccc2[C@@]2(CNCC2C(=O)N2CC[C@@H](c3ccccc3)C[C@H]2C2CCCCC2)C1. The first-order chi connectivity index (χ1) is 21.5. The fraction of sp³-hybridized carbons (Fsp3) is 0.459. The van der Waals surface area contributed by atoms with Crippen molar-refractivity contribution in [2.45, 2.75) is 68.9 Å². The van der Waals surface area contributed by atoms with E-state index in [1.165, 1.54) is 43.2 Å². The highest BCUT2D eigenvalue weighted by Gasteiger charge is 2.54. The summed E-state index contributed by atoms with van der Waals surface area (Å²) in [4.78, 5) is 32.9. The van der Waals surface area contributed by atoms with Gasteiger partial charge < -0.3 is 20.4 Å². The molecule has 3 aliphatic heterocycles. The maximum absolute atomic E-state index is 15.0. The van der Waals surface area contributed by atoms with Crippen LogP contribution in [0.3, 0.4) is 0 Å². The van der Waals surface area contributed by atoms with E-state index in [1.54, 1.807) is 0 Å². The second-order valence-corrected chi connectivity index (χ2v) is 14.3. The van der Waals surface area contributed by atoms with Crippen LogP contribution < -0.4 is 10.6 Å². The molecule has 0 radical (unpaired) electrons. The summed E-state index contributed by atoms with van der Waals surface area (Å²) in [7, 11) is 0. The van der Waals surface area contributed by atoms with Gasteiger partial charge in [-0.2, -0.15) is 0 Å². The molecule has 1 saturated carbocycles. The predicted molar refractivity (Wildman–Crippen MR) is 179 cm³/mol. The Kier molecular flexibility index (Phi) is 8.52. The maximum atomic E-state index is 15.0. The van der Waals surface area contributed by atoms with Crippen LogP contribution in [0, 0.1) is 11.8 Å². The second-order valence-electron chi connectivity index (χ2n) is 13.4. The average molecular weight is 656 g/mol. The Labute approximate surface area is 269 Å². The Hall–Kier alpha value is -3.16. The Morgan fingerprint density at radius 1 is 0.909 bits per heavy atom. The first-order valence-electron chi connectivity index (χ1n) is 16.5. The van der Waals surface area contributed by atoms with Gasteiger partial charge in [0.05, 0.1) is 5.92 Å². The summed E-state index contributed by atoms with van der Waals surface area (Å²) in [5, 5.41) is 6.73. The largest absolute Gasteiger partial charge is 0.339 e. The number of likely N-dealkylation sites (tertiary alicyclic amines) is 1. The molecule has 4 aliphatic rings.